The minimum Gasteiger partial charge on any atom is -0.462 e. The third-order valence-corrected chi connectivity index (χ3v) is 17.6. The molecule has 0 aromatic rings. The summed E-state index contributed by atoms with van der Waals surface area (Å²) in [5.74, 6) is -2.25. The summed E-state index contributed by atoms with van der Waals surface area (Å²) in [6.45, 7) is 4.55. The Morgan fingerprint density at radius 2 is 0.531 bits per heavy atom. The molecule has 0 aliphatic carbocycles. The number of hydrogen-bond acceptors (Lipinski definition) is 15. The highest BCUT2D eigenvalue weighted by Crippen LogP contribution is 2.45. The van der Waals surface area contributed by atoms with Crippen molar-refractivity contribution >= 4 is 39.5 Å². The van der Waals surface area contributed by atoms with Crippen LogP contribution in [-0.4, -0.2) is 96.7 Å². The Labute approximate surface area is 594 Å². The van der Waals surface area contributed by atoms with E-state index in [4.69, 9.17) is 37.0 Å². The van der Waals surface area contributed by atoms with Gasteiger partial charge in [-0.15, -0.1) is 0 Å². The number of aliphatic hydroxyl groups is 1. The zero-order chi connectivity index (χ0) is 71.8. The molecule has 0 spiro atoms. The summed E-state index contributed by atoms with van der Waals surface area (Å²) >= 11 is 0. The normalized spacial score (nSPS) is 14.6. The Morgan fingerprint density at radius 3 is 0.857 bits per heavy atom. The lowest BCUT2D eigenvalue weighted by Gasteiger charge is -2.21. The molecule has 5 atom stereocenters. The number of aliphatic hydroxyl groups excluding tert-OH is 1. The highest BCUT2D eigenvalue weighted by Gasteiger charge is 2.30. The van der Waals surface area contributed by atoms with Gasteiger partial charge in [-0.3, -0.25) is 37.3 Å². The number of unbranched alkanes of at least 4 members (excludes halogenated alkanes) is 27. The number of rotatable bonds is 71. The minimum atomic E-state index is -4.99. The molecular formula is C79H136O17P2. The number of carbonyl (C=O) groups excluding carboxylic acids is 4. The van der Waals surface area contributed by atoms with Crippen LogP contribution in [0.2, 0.25) is 0 Å². The summed E-state index contributed by atoms with van der Waals surface area (Å²) in [4.78, 5) is 72.8. The Bertz CT molecular complexity index is 2290. The molecule has 564 valence electrons. The predicted octanol–water partition coefficient (Wildman–Crippen LogP) is 21.8. The van der Waals surface area contributed by atoms with Crippen LogP contribution in [0.1, 0.15) is 310 Å². The smallest absolute Gasteiger partial charge is 0.462 e. The van der Waals surface area contributed by atoms with E-state index >= 15 is 0 Å². The number of esters is 4. The zero-order valence-corrected chi connectivity index (χ0v) is 63.2. The molecule has 5 unspecified atom stereocenters. The van der Waals surface area contributed by atoms with Gasteiger partial charge in [0.15, 0.2) is 12.2 Å². The molecule has 0 radical (unpaired) electrons. The van der Waals surface area contributed by atoms with Gasteiger partial charge in [-0.2, -0.15) is 0 Å². The monoisotopic (exact) mass is 1420 g/mol. The first-order valence-electron chi connectivity index (χ1n) is 38.1. The lowest BCUT2D eigenvalue weighted by Crippen LogP contribution is -2.30. The van der Waals surface area contributed by atoms with Crippen LogP contribution in [0.5, 0.6) is 0 Å². The quantitative estimate of drug-likeness (QED) is 0.0169. The fraction of sp³-hybridized carbons (Fsp3) is 0.722. The average Bonchev–Trinajstić information content (AvgIpc) is 1.04. The Balaban J connectivity index is 5.40. The second-order valence-corrected chi connectivity index (χ2v) is 28.1. The number of phosphoric ester groups is 2. The topological polar surface area (TPSA) is 237 Å². The molecule has 17 nitrogen and oxygen atoms in total. The molecule has 0 fully saturated rings. The molecule has 3 N–H and O–H groups in total. The summed E-state index contributed by atoms with van der Waals surface area (Å²) in [6, 6.07) is 0. The maximum Gasteiger partial charge on any atom is 0.472 e. The highest BCUT2D eigenvalue weighted by molar-refractivity contribution is 7.47. The van der Waals surface area contributed by atoms with Crippen molar-refractivity contribution < 1.29 is 80.2 Å². The van der Waals surface area contributed by atoms with Gasteiger partial charge in [0.2, 0.25) is 0 Å². The van der Waals surface area contributed by atoms with Gasteiger partial charge in [0, 0.05) is 25.7 Å². The van der Waals surface area contributed by atoms with Crippen LogP contribution in [-0.2, 0) is 65.4 Å². The summed E-state index contributed by atoms with van der Waals surface area (Å²) in [6.07, 6.45) is 75.1. The molecule has 0 aliphatic rings. The molecule has 0 aliphatic heterocycles. The van der Waals surface area contributed by atoms with Crippen LogP contribution in [0.15, 0.2) is 109 Å². The fourth-order valence-corrected chi connectivity index (χ4v) is 11.5. The molecule has 0 amide bonds. The molecule has 0 bridgehead atoms. The number of ether oxygens (including phenoxy) is 4. The van der Waals surface area contributed by atoms with Crippen molar-refractivity contribution in [3.63, 3.8) is 0 Å². The van der Waals surface area contributed by atoms with E-state index in [1.165, 1.54) is 70.6 Å². The van der Waals surface area contributed by atoms with Crippen LogP contribution in [0, 0.1) is 0 Å². The molecule has 19 heteroatoms. The lowest BCUT2D eigenvalue weighted by molar-refractivity contribution is -0.161. The van der Waals surface area contributed by atoms with Crippen LogP contribution in [0.25, 0.3) is 0 Å². The van der Waals surface area contributed by atoms with Gasteiger partial charge in [-0.05, 0) is 128 Å². The third kappa shape index (κ3) is 70.2. The van der Waals surface area contributed by atoms with E-state index < -0.39 is 97.5 Å². The van der Waals surface area contributed by atoms with Gasteiger partial charge in [-0.1, -0.05) is 265 Å². The van der Waals surface area contributed by atoms with E-state index in [0.717, 1.165) is 161 Å². The van der Waals surface area contributed by atoms with Gasteiger partial charge in [0.1, 0.15) is 19.3 Å². The second-order valence-electron chi connectivity index (χ2n) is 25.2. The first kappa shape index (κ1) is 93.7. The number of carbonyl (C=O) groups is 4. The van der Waals surface area contributed by atoms with Gasteiger partial charge in [0.05, 0.1) is 26.4 Å². The Morgan fingerprint density at radius 1 is 0.296 bits per heavy atom. The number of hydrogen-bond donors (Lipinski definition) is 3. The maximum atomic E-state index is 13.1. The zero-order valence-electron chi connectivity index (χ0n) is 61.4. The standard InChI is InChI=1S/C79H136O17P2/c1-5-9-13-17-21-25-29-33-36-40-43-47-51-55-59-63-76(81)89-69-74(95-78(83)65-61-57-53-49-45-39-32-28-24-20-16-12-8-4)71-93-97(85,86)91-67-73(80)68-92-98(87,88)94-72-75(96-79(84)66-62-58-54-50-46-42-38-35-31-27-23-19-15-11-7-3)70-90-77(82)64-60-56-52-48-44-41-37-34-30-26-22-18-14-10-6-2/h10-11,14-15,21-23,25-27,33-38,44,48,73-75,80H,5-9,12-13,16-20,24,28-32,39-43,45-47,49-72H2,1-4H3,(H,85,86)(H,87,88)/b14-10-,15-11-,25-21-,26-22-,27-23-,36-33-,37-34-,38-35-,48-44-. The van der Waals surface area contributed by atoms with E-state index in [-0.39, 0.29) is 25.7 Å². The van der Waals surface area contributed by atoms with Crippen molar-refractivity contribution in [2.75, 3.05) is 39.6 Å². The van der Waals surface area contributed by atoms with Gasteiger partial charge < -0.3 is 33.8 Å². The van der Waals surface area contributed by atoms with Crippen molar-refractivity contribution in [1.82, 2.24) is 0 Å². The summed E-state index contributed by atoms with van der Waals surface area (Å²) in [7, 11) is -9.97. The van der Waals surface area contributed by atoms with E-state index in [0.29, 0.717) is 25.7 Å². The summed E-state index contributed by atoms with van der Waals surface area (Å²) < 4.78 is 68.4. The van der Waals surface area contributed by atoms with E-state index in [1.54, 1.807) is 0 Å². The third-order valence-electron chi connectivity index (χ3n) is 15.7. The highest BCUT2D eigenvalue weighted by atomic mass is 31.2. The fourth-order valence-electron chi connectivity index (χ4n) is 9.96. The van der Waals surface area contributed by atoms with Crippen molar-refractivity contribution in [2.24, 2.45) is 0 Å². The van der Waals surface area contributed by atoms with Gasteiger partial charge in [0.25, 0.3) is 0 Å². The number of phosphoric acid groups is 2. The van der Waals surface area contributed by atoms with Crippen LogP contribution in [0.4, 0.5) is 0 Å². The van der Waals surface area contributed by atoms with Crippen molar-refractivity contribution in [3.8, 4) is 0 Å². The molecule has 0 heterocycles. The second kappa shape index (κ2) is 71.1. The number of allylic oxidation sites excluding steroid dienone is 18. The molecule has 0 saturated carbocycles. The van der Waals surface area contributed by atoms with E-state index in [9.17, 15) is 43.2 Å². The van der Waals surface area contributed by atoms with Crippen molar-refractivity contribution in [3.05, 3.63) is 109 Å². The Hall–Kier alpha value is -4.28. The molecule has 98 heavy (non-hydrogen) atoms. The maximum absolute atomic E-state index is 13.1. The Kier molecular flexibility index (Phi) is 68.0. The average molecular weight is 1420 g/mol. The van der Waals surface area contributed by atoms with Crippen LogP contribution >= 0.6 is 15.6 Å². The molecule has 0 aromatic carbocycles. The summed E-state index contributed by atoms with van der Waals surface area (Å²) in [5.41, 5.74) is 0. The van der Waals surface area contributed by atoms with E-state index in [2.05, 4.69) is 137 Å². The van der Waals surface area contributed by atoms with Crippen LogP contribution in [0.3, 0.4) is 0 Å². The first-order valence-corrected chi connectivity index (χ1v) is 41.1. The first-order chi connectivity index (χ1) is 47.7. The molecular weight excluding hydrogens is 1280 g/mol. The lowest BCUT2D eigenvalue weighted by atomic mass is 10.0. The molecule has 0 rings (SSSR count). The SMILES string of the molecule is CC/C=C\C/C=C\C/C=C\C/C=C\CCCCC(=O)OCC(COP(=O)(O)OCC(O)COP(=O)(O)OCC(COC(=O)CCCCCCC/C=C\C/C=C\CCCCC)OC(=O)CCCCCCCCCCCCCCC)OC(=O)CCCCCCC/C=C\C/C=C\C/C=C\CC. The molecule has 0 aromatic heterocycles. The molecule has 0 saturated heterocycles. The largest absolute Gasteiger partial charge is 0.472 e. The van der Waals surface area contributed by atoms with Gasteiger partial charge >= 0.3 is 39.5 Å². The van der Waals surface area contributed by atoms with Gasteiger partial charge in [-0.25, -0.2) is 9.13 Å². The summed E-state index contributed by atoms with van der Waals surface area (Å²) in [5, 5.41) is 10.6. The van der Waals surface area contributed by atoms with Crippen LogP contribution < -0.4 is 0 Å². The van der Waals surface area contributed by atoms with Crippen molar-refractivity contribution in [2.45, 2.75) is 329 Å². The predicted molar refractivity (Wildman–Crippen MR) is 399 cm³/mol. The van der Waals surface area contributed by atoms with Crippen molar-refractivity contribution in [1.29, 1.82) is 0 Å². The minimum absolute atomic E-state index is 0.0648. The van der Waals surface area contributed by atoms with E-state index in [1.807, 2.05) is 0 Å².